The summed E-state index contributed by atoms with van der Waals surface area (Å²) in [6.45, 7) is -0.614. The lowest BCUT2D eigenvalue weighted by molar-refractivity contribution is -0.140. The van der Waals surface area contributed by atoms with Gasteiger partial charge in [0.25, 0.3) is 11.1 Å². The number of thioether (sulfide) groups is 1. The summed E-state index contributed by atoms with van der Waals surface area (Å²) in [6.07, 6.45) is 1.63. The highest BCUT2D eigenvalue weighted by atomic mass is 32.2. The van der Waals surface area contributed by atoms with Crippen molar-refractivity contribution in [1.29, 1.82) is 0 Å². The molecule has 1 aliphatic heterocycles. The summed E-state index contributed by atoms with van der Waals surface area (Å²) < 4.78 is 0. The fraction of sp³-hybridized carbons (Fsp3) is 0.0625. The van der Waals surface area contributed by atoms with Gasteiger partial charge >= 0.3 is 5.97 Å². The predicted molar refractivity (Wildman–Crippen MR) is 84.3 cm³/mol. The van der Waals surface area contributed by atoms with E-state index in [-0.39, 0.29) is 4.91 Å². The van der Waals surface area contributed by atoms with Gasteiger partial charge in [0.2, 0.25) is 0 Å². The minimum absolute atomic E-state index is 0.239. The highest BCUT2D eigenvalue weighted by molar-refractivity contribution is 8.18. The van der Waals surface area contributed by atoms with E-state index in [1.165, 1.54) is 0 Å². The quantitative estimate of drug-likeness (QED) is 0.882. The van der Waals surface area contributed by atoms with Crippen molar-refractivity contribution in [2.24, 2.45) is 0 Å². The van der Waals surface area contributed by atoms with Crippen molar-refractivity contribution in [2.75, 3.05) is 6.54 Å². The van der Waals surface area contributed by atoms with E-state index in [0.717, 1.165) is 33.0 Å². The van der Waals surface area contributed by atoms with Gasteiger partial charge in [-0.3, -0.25) is 19.3 Å². The van der Waals surface area contributed by atoms with E-state index in [9.17, 15) is 14.4 Å². The summed E-state index contributed by atoms with van der Waals surface area (Å²) in [5, 5.41) is 10.2. The number of nitrogens with zero attached hydrogens (tertiary/aromatic N) is 1. The molecule has 1 saturated heterocycles. The Morgan fingerprint density at radius 1 is 1.14 bits per heavy atom. The smallest absolute Gasteiger partial charge is 0.323 e. The van der Waals surface area contributed by atoms with E-state index in [0.29, 0.717) is 0 Å². The van der Waals surface area contributed by atoms with Crippen LogP contribution in [-0.2, 0) is 9.59 Å². The maximum Gasteiger partial charge on any atom is 0.323 e. The van der Waals surface area contributed by atoms with E-state index < -0.39 is 23.7 Å². The minimum atomic E-state index is -1.21. The van der Waals surface area contributed by atoms with Crippen LogP contribution in [0, 0.1) is 0 Å². The first-order chi connectivity index (χ1) is 10.6. The highest BCUT2D eigenvalue weighted by Crippen LogP contribution is 2.33. The van der Waals surface area contributed by atoms with Crippen molar-refractivity contribution in [3.05, 3.63) is 52.9 Å². The standard InChI is InChI=1S/C16H11NO4S/c18-14(19)9-17-15(20)13(22-16(17)21)8-11-6-3-5-10-4-1-2-7-12(10)11/h1-8H,9H2,(H,18,19)/b13-8-. The van der Waals surface area contributed by atoms with Gasteiger partial charge in [0.1, 0.15) is 6.54 Å². The zero-order chi connectivity index (χ0) is 15.7. The lowest BCUT2D eigenvalue weighted by Gasteiger charge is -2.08. The van der Waals surface area contributed by atoms with Crippen molar-refractivity contribution < 1.29 is 19.5 Å². The van der Waals surface area contributed by atoms with Crippen LogP contribution in [0.3, 0.4) is 0 Å². The molecule has 0 aromatic heterocycles. The SMILES string of the molecule is O=C(O)CN1C(=O)S/C(=C\c2cccc3ccccc23)C1=O. The summed E-state index contributed by atoms with van der Waals surface area (Å²) in [4.78, 5) is 35.6. The Labute approximate surface area is 130 Å². The fourth-order valence-corrected chi connectivity index (χ4v) is 3.12. The Bertz CT molecular complexity index is 823. The number of amides is 2. The first-order valence-electron chi connectivity index (χ1n) is 6.51. The number of hydrogen-bond donors (Lipinski definition) is 1. The molecule has 5 nitrogen and oxygen atoms in total. The van der Waals surface area contributed by atoms with E-state index in [1.54, 1.807) is 6.08 Å². The molecule has 110 valence electrons. The molecular formula is C16H11NO4S. The Morgan fingerprint density at radius 3 is 2.64 bits per heavy atom. The summed E-state index contributed by atoms with van der Waals surface area (Å²) in [5.74, 6) is -1.78. The Kier molecular flexibility index (Phi) is 3.68. The largest absolute Gasteiger partial charge is 0.480 e. The molecule has 2 amide bonds. The van der Waals surface area contributed by atoms with Gasteiger partial charge in [0.15, 0.2) is 0 Å². The maximum absolute atomic E-state index is 12.1. The van der Waals surface area contributed by atoms with Gasteiger partial charge in [-0.15, -0.1) is 0 Å². The third kappa shape index (κ3) is 2.60. The lowest BCUT2D eigenvalue weighted by Crippen LogP contribution is -2.33. The van der Waals surface area contributed by atoms with Crippen LogP contribution in [-0.4, -0.2) is 33.7 Å². The predicted octanol–water partition coefficient (Wildman–Crippen LogP) is 2.96. The zero-order valence-electron chi connectivity index (χ0n) is 11.4. The molecule has 1 aliphatic rings. The molecule has 0 atom stereocenters. The molecule has 1 N–H and O–H groups in total. The lowest BCUT2D eigenvalue weighted by atomic mass is 10.0. The molecule has 1 heterocycles. The Hall–Kier alpha value is -2.60. The van der Waals surface area contributed by atoms with Crippen molar-refractivity contribution in [3.8, 4) is 0 Å². The fourth-order valence-electron chi connectivity index (χ4n) is 2.29. The average molecular weight is 313 g/mol. The first-order valence-corrected chi connectivity index (χ1v) is 7.33. The van der Waals surface area contributed by atoms with Crippen LogP contribution >= 0.6 is 11.8 Å². The van der Waals surface area contributed by atoms with E-state index in [4.69, 9.17) is 5.11 Å². The average Bonchev–Trinajstić information content (AvgIpc) is 2.75. The van der Waals surface area contributed by atoms with Crippen molar-refractivity contribution in [2.45, 2.75) is 0 Å². The zero-order valence-corrected chi connectivity index (χ0v) is 12.2. The third-order valence-corrected chi connectivity index (χ3v) is 4.18. The third-order valence-electron chi connectivity index (χ3n) is 3.28. The monoisotopic (exact) mass is 313 g/mol. The molecule has 0 bridgehead atoms. The summed E-state index contributed by atoms with van der Waals surface area (Å²) >= 11 is 0.762. The van der Waals surface area contributed by atoms with Gasteiger partial charge in [-0.25, -0.2) is 0 Å². The number of carbonyl (C=O) groups is 3. The van der Waals surface area contributed by atoms with Gasteiger partial charge in [-0.2, -0.15) is 0 Å². The maximum atomic E-state index is 12.1. The number of rotatable bonds is 3. The van der Waals surface area contributed by atoms with Gasteiger partial charge < -0.3 is 5.11 Å². The number of fused-ring (bicyclic) bond motifs is 1. The van der Waals surface area contributed by atoms with Crippen LogP contribution in [0.5, 0.6) is 0 Å². The minimum Gasteiger partial charge on any atom is -0.480 e. The molecule has 3 rings (SSSR count). The molecule has 6 heteroatoms. The van der Waals surface area contributed by atoms with Gasteiger partial charge in [-0.1, -0.05) is 42.5 Å². The van der Waals surface area contributed by atoms with Crippen molar-refractivity contribution in [3.63, 3.8) is 0 Å². The Balaban J connectivity index is 2.00. The first kappa shape index (κ1) is 14.3. The van der Waals surface area contributed by atoms with Crippen molar-refractivity contribution in [1.82, 2.24) is 4.90 Å². The Morgan fingerprint density at radius 2 is 1.86 bits per heavy atom. The summed E-state index contributed by atoms with van der Waals surface area (Å²) in [5.41, 5.74) is 0.818. The van der Waals surface area contributed by atoms with Crippen LogP contribution in [0.2, 0.25) is 0 Å². The molecule has 0 saturated carbocycles. The number of carboxylic acid groups (broad SMARTS) is 1. The normalized spacial score (nSPS) is 16.7. The molecule has 1 fully saturated rings. The van der Waals surface area contributed by atoms with Gasteiger partial charge in [0, 0.05) is 0 Å². The van der Waals surface area contributed by atoms with E-state index in [1.807, 2.05) is 42.5 Å². The molecule has 22 heavy (non-hydrogen) atoms. The second-order valence-electron chi connectivity index (χ2n) is 4.73. The van der Waals surface area contributed by atoms with Crippen molar-refractivity contribution >= 4 is 45.7 Å². The molecular weight excluding hydrogens is 302 g/mol. The van der Waals surface area contributed by atoms with Crippen LogP contribution in [0.15, 0.2) is 47.4 Å². The van der Waals surface area contributed by atoms with Crippen LogP contribution < -0.4 is 0 Å². The summed E-state index contributed by atoms with van der Waals surface area (Å²) in [7, 11) is 0. The number of imide groups is 1. The molecule has 0 aliphatic carbocycles. The molecule has 2 aromatic rings. The number of aliphatic carboxylic acids is 1. The van der Waals surface area contributed by atoms with E-state index >= 15 is 0 Å². The van der Waals surface area contributed by atoms with Crippen LogP contribution in [0.4, 0.5) is 4.79 Å². The molecule has 0 radical (unpaired) electrons. The number of carboxylic acids is 1. The van der Waals surface area contributed by atoms with Crippen LogP contribution in [0.1, 0.15) is 5.56 Å². The second-order valence-corrected chi connectivity index (χ2v) is 5.72. The van der Waals surface area contributed by atoms with Gasteiger partial charge in [0.05, 0.1) is 4.91 Å². The summed E-state index contributed by atoms with van der Waals surface area (Å²) in [6, 6.07) is 13.4. The molecule has 0 spiro atoms. The molecule has 2 aromatic carbocycles. The van der Waals surface area contributed by atoms with E-state index in [2.05, 4.69) is 0 Å². The highest BCUT2D eigenvalue weighted by Gasteiger charge is 2.36. The van der Waals surface area contributed by atoms with Gasteiger partial charge in [-0.05, 0) is 34.2 Å². The topological polar surface area (TPSA) is 74.7 Å². The molecule has 0 unspecified atom stereocenters. The second kappa shape index (κ2) is 5.65. The number of benzene rings is 2. The number of carbonyl (C=O) groups excluding carboxylic acids is 2. The number of hydrogen-bond acceptors (Lipinski definition) is 4. The van der Waals surface area contributed by atoms with Crippen LogP contribution in [0.25, 0.3) is 16.8 Å².